The number of nitrogens with one attached hydrogen (secondary N) is 1. The summed E-state index contributed by atoms with van der Waals surface area (Å²) in [4.78, 5) is 4.67. The molecule has 2 aromatic rings. The normalized spacial score (nSPS) is 11.0. The summed E-state index contributed by atoms with van der Waals surface area (Å²) < 4.78 is 0. The molecule has 2 rings (SSSR count). The Morgan fingerprint density at radius 3 is 2.57 bits per heavy atom. The molecule has 0 saturated carbocycles. The van der Waals surface area contributed by atoms with Crippen LogP contribution in [0.15, 0.2) is 24.3 Å². The third-order valence-corrected chi connectivity index (χ3v) is 4.02. The summed E-state index contributed by atoms with van der Waals surface area (Å²) in [6, 6.07) is 8.58. The number of pyridine rings is 1. The number of unbranched alkanes of at least 4 members (excludes halogenated alkanes) is 5. The Hall–Kier alpha value is -1.57. The molecule has 0 atom stereocenters. The fraction of sp³-hybridized carbons (Fsp3) is 0.526. The van der Waals surface area contributed by atoms with E-state index >= 15 is 0 Å². The van der Waals surface area contributed by atoms with E-state index in [9.17, 15) is 0 Å². The minimum absolute atomic E-state index is 1.05. The summed E-state index contributed by atoms with van der Waals surface area (Å²) in [7, 11) is 0. The standard InChI is InChI=1S/C19H28N2/c1-4-5-6-7-8-9-13-20-18-14-16(3)21-19-15(2)11-10-12-17(18)19/h10-12,14H,4-9,13H2,1-3H3,(H,20,21). The van der Waals surface area contributed by atoms with E-state index in [1.807, 2.05) is 0 Å². The van der Waals surface area contributed by atoms with E-state index in [4.69, 9.17) is 0 Å². The number of aryl methyl sites for hydroxylation is 2. The average Bonchev–Trinajstić information content (AvgIpc) is 2.47. The molecule has 0 radical (unpaired) electrons. The van der Waals surface area contributed by atoms with E-state index < -0.39 is 0 Å². The molecule has 21 heavy (non-hydrogen) atoms. The van der Waals surface area contributed by atoms with Gasteiger partial charge < -0.3 is 5.32 Å². The zero-order chi connectivity index (χ0) is 15.1. The van der Waals surface area contributed by atoms with E-state index in [2.05, 4.69) is 55.3 Å². The molecule has 1 aromatic carbocycles. The van der Waals surface area contributed by atoms with Crippen molar-refractivity contribution >= 4 is 16.6 Å². The number of para-hydroxylation sites is 1. The number of anilines is 1. The van der Waals surface area contributed by atoms with Crippen molar-refractivity contribution in [1.82, 2.24) is 4.98 Å². The summed E-state index contributed by atoms with van der Waals surface area (Å²) in [6.45, 7) is 7.52. The van der Waals surface area contributed by atoms with Crippen molar-refractivity contribution in [2.45, 2.75) is 59.3 Å². The molecule has 0 amide bonds. The topological polar surface area (TPSA) is 24.9 Å². The molecule has 2 heteroatoms. The van der Waals surface area contributed by atoms with Crippen molar-refractivity contribution in [3.05, 3.63) is 35.5 Å². The Labute approximate surface area is 129 Å². The van der Waals surface area contributed by atoms with Gasteiger partial charge in [0.05, 0.1) is 5.52 Å². The highest BCUT2D eigenvalue weighted by Crippen LogP contribution is 2.25. The lowest BCUT2D eigenvalue weighted by Crippen LogP contribution is -2.03. The molecule has 0 unspecified atom stereocenters. The largest absolute Gasteiger partial charge is 0.384 e. The van der Waals surface area contributed by atoms with Gasteiger partial charge in [0.1, 0.15) is 0 Å². The summed E-state index contributed by atoms with van der Waals surface area (Å²) in [6.07, 6.45) is 8.02. The highest BCUT2D eigenvalue weighted by molar-refractivity contribution is 5.93. The van der Waals surface area contributed by atoms with Gasteiger partial charge in [0.25, 0.3) is 0 Å². The maximum Gasteiger partial charge on any atom is 0.0755 e. The molecule has 0 aliphatic rings. The average molecular weight is 284 g/mol. The lowest BCUT2D eigenvalue weighted by Gasteiger charge is -2.12. The van der Waals surface area contributed by atoms with Gasteiger partial charge in [-0.05, 0) is 31.9 Å². The molecule has 0 bridgehead atoms. The number of aromatic nitrogens is 1. The Bertz CT molecular complexity index is 575. The fourth-order valence-electron chi connectivity index (χ4n) is 2.79. The predicted octanol–water partition coefficient (Wildman–Crippen LogP) is 5.62. The zero-order valence-electron chi connectivity index (χ0n) is 13.7. The molecule has 0 spiro atoms. The van der Waals surface area contributed by atoms with Gasteiger partial charge in [0.2, 0.25) is 0 Å². The Kier molecular flexibility index (Phi) is 6.04. The first-order valence-electron chi connectivity index (χ1n) is 8.33. The first-order chi connectivity index (χ1) is 10.2. The lowest BCUT2D eigenvalue weighted by molar-refractivity contribution is 0.617. The van der Waals surface area contributed by atoms with Gasteiger partial charge in [0, 0.05) is 23.3 Å². The van der Waals surface area contributed by atoms with Crippen LogP contribution in [0.25, 0.3) is 10.9 Å². The van der Waals surface area contributed by atoms with E-state index in [0.29, 0.717) is 0 Å². The van der Waals surface area contributed by atoms with Gasteiger partial charge in [-0.2, -0.15) is 0 Å². The highest BCUT2D eigenvalue weighted by atomic mass is 14.9. The van der Waals surface area contributed by atoms with Crippen LogP contribution in [-0.4, -0.2) is 11.5 Å². The van der Waals surface area contributed by atoms with E-state index in [-0.39, 0.29) is 0 Å². The van der Waals surface area contributed by atoms with Crippen LogP contribution in [0, 0.1) is 13.8 Å². The van der Waals surface area contributed by atoms with Crippen LogP contribution in [0.3, 0.4) is 0 Å². The molecular weight excluding hydrogens is 256 g/mol. The van der Waals surface area contributed by atoms with Crippen molar-refractivity contribution in [2.75, 3.05) is 11.9 Å². The van der Waals surface area contributed by atoms with Gasteiger partial charge in [-0.25, -0.2) is 0 Å². The van der Waals surface area contributed by atoms with Gasteiger partial charge in [-0.3, -0.25) is 4.98 Å². The van der Waals surface area contributed by atoms with Gasteiger partial charge in [-0.1, -0.05) is 57.2 Å². The second kappa shape index (κ2) is 8.02. The number of rotatable bonds is 8. The van der Waals surface area contributed by atoms with Crippen LogP contribution < -0.4 is 5.32 Å². The molecule has 0 fully saturated rings. The number of hydrogen-bond acceptors (Lipinski definition) is 2. The van der Waals surface area contributed by atoms with Crippen molar-refractivity contribution in [3.63, 3.8) is 0 Å². The maximum absolute atomic E-state index is 4.67. The van der Waals surface area contributed by atoms with E-state index in [0.717, 1.165) is 17.8 Å². The Morgan fingerprint density at radius 1 is 1.00 bits per heavy atom. The molecular formula is C19H28N2. The van der Waals surface area contributed by atoms with Crippen LogP contribution in [0.1, 0.15) is 56.7 Å². The molecule has 1 N–H and O–H groups in total. The SMILES string of the molecule is CCCCCCCCNc1cc(C)nc2c(C)cccc12. The molecule has 1 heterocycles. The van der Waals surface area contributed by atoms with Crippen molar-refractivity contribution in [1.29, 1.82) is 0 Å². The van der Waals surface area contributed by atoms with E-state index in [1.165, 1.54) is 55.2 Å². The van der Waals surface area contributed by atoms with Crippen LogP contribution >= 0.6 is 0 Å². The third-order valence-electron chi connectivity index (χ3n) is 4.02. The number of hydrogen-bond donors (Lipinski definition) is 1. The summed E-state index contributed by atoms with van der Waals surface area (Å²) in [5, 5.41) is 4.85. The minimum atomic E-state index is 1.05. The zero-order valence-corrected chi connectivity index (χ0v) is 13.7. The van der Waals surface area contributed by atoms with Crippen LogP contribution in [0.5, 0.6) is 0 Å². The van der Waals surface area contributed by atoms with Crippen molar-refractivity contribution in [2.24, 2.45) is 0 Å². The molecule has 114 valence electrons. The quantitative estimate of drug-likeness (QED) is 0.636. The first-order valence-corrected chi connectivity index (χ1v) is 8.33. The van der Waals surface area contributed by atoms with Crippen LogP contribution in [0.4, 0.5) is 5.69 Å². The van der Waals surface area contributed by atoms with Crippen molar-refractivity contribution in [3.8, 4) is 0 Å². The second-order valence-electron chi connectivity index (χ2n) is 5.98. The van der Waals surface area contributed by atoms with Crippen LogP contribution in [0.2, 0.25) is 0 Å². The van der Waals surface area contributed by atoms with E-state index in [1.54, 1.807) is 0 Å². The van der Waals surface area contributed by atoms with Crippen molar-refractivity contribution < 1.29 is 0 Å². The number of nitrogens with zero attached hydrogens (tertiary/aromatic N) is 1. The highest BCUT2D eigenvalue weighted by Gasteiger charge is 2.05. The second-order valence-corrected chi connectivity index (χ2v) is 5.98. The monoisotopic (exact) mass is 284 g/mol. The molecule has 0 aliphatic heterocycles. The molecule has 1 aromatic heterocycles. The predicted molar refractivity (Wildman–Crippen MR) is 93.1 cm³/mol. The first kappa shape index (κ1) is 15.8. The summed E-state index contributed by atoms with van der Waals surface area (Å²) in [5.41, 5.74) is 4.69. The number of benzene rings is 1. The molecule has 0 aliphatic carbocycles. The number of fused-ring (bicyclic) bond motifs is 1. The Balaban J connectivity index is 1.94. The molecule has 2 nitrogen and oxygen atoms in total. The smallest absolute Gasteiger partial charge is 0.0755 e. The lowest BCUT2D eigenvalue weighted by atomic mass is 10.1. The van der Waals surface area contributed by atoms with Gasteiger partial charge >= 0.3 is 0 Å². The maximum atomic E-state index is 4.67. The molecule has 0 saturated heterocycles. The third kappa shape index (κ3) is 4.45. The summed E-state index contributed by atoms with van der Waals surface area (Å²) in [5.74, 6) is 0. The van der Waals surface area contributed by atoms with Crippen LogP contribution in [-0.2, 0) is 0 Å². The van der Waals surface area contributed by atoms with Gasteiger partial charge in [0.15, 0.2) is 0 Å². The van der Waals surface area contributed by atoms with Gasteiger partial charge in [-0.15, -0.1) is 0 Å². The minimum Gasteiger partial charge on any atom is -0.384 e. The fourth-order valence-corrected chi connectivity index (χ4v) is 2.79. The summed E-state index contributed by atoms with van der Waals surface area (Å²) >= 11 is 0. The Morgan fingerprint density at radius 2 is 1.76 bits per heavy atom.